The molecule has 0 saturated carbocycles. The average Bonchev–Trinajstić information content (AvgIpc) is 3.01. The van der Waals surface area contributed by atoms with Gasteiger partial charge in [-0.3, -0.25) is 9.69 Å². The van der Waals surface area contributed by atoms with E-state index in [2.05, 4.69) is 15.4 Å². The van der Waals surface area contributed by atoms with Crippen molar-refractivity contribution in [3.05, 3.63) is 17.5 Å². The third kappa shape index (κ3) is 5.33. The third-order valence-electron chi connectivity index (χ3n) is 5.15. The van der Waals surface area contributed by atoms with E-state index in [1.807, 2.05) is 17.9 Å². The molecule has 2 aliphatic rings. The summed E-state index contributed by atoms with van der Waals surface area (Å²) in [5, 5.41) is 7.27. The second kappa shape index (κ2) is 10.5. The van der Waals surface area contributed by atoms with Crippen LogP contribution in [0.15, 0.2) is 10.6 Å². The maximum absolute atomic E-state index is 13.1. The minimum absolute atomic E-state index is 0. The standard InChI is InChI=1S/C17H28N4O3.2ClH/c1-14-11-15(24-19-14)12-20-7-9-21(10-8-20)16(22)17(13-23-2)3-5-18-6-4-17;;/h11,18H,3-10,12-13H2,1-2H3;2*1H. The molecule has 2 aliphatic heterocycles. The van der Waals surface area contributed by atoms with Crippen molar-refractivity contribution in [2.75, 3.05) is 53.0 Å². The highest BCUT2D eigenvalue weighted by Gasteiger charge is 2.42. The first-order chi connectivity index (χ1) is 11.6. The maximum Gasteiger partial charge on any atom is 0.231 e. The van der Waals surface area contributed by atoms with Gasteiger partial charge in [0.25, 0.3) is 0 Å². The Hall–Kier alpha value is -0.860. The molecule has 26 heavy (non-hydrogen) atoms. The van der Waals surface area contributed by atoms with Crippen LogP contribution < -0.4 is 5.32 Å². The molecule has 1 amide bonds. The summed E-state index contributed by atoms with van der Waals surface area (Å²) in [5.74, 6) is 1.16. The number of carbonyl (C=O) groups is 1. The van der Waals surface area contributed by atoms with Crippen LogP contribution in [0.4, 0.5) is 0 Å². The molecule has 3 heterocycles. The normalized spacial score (nSPS) is 20.2. The van der Waals surface area contributed by atoms with E-state index in [4.69, 9.17) is 9.26 Å². The summed E-state index contributed by atoms with van der Waals surface area (Å²) >= 11 is 0. The first kappa shape index (κ1) is 23.2. The molecule has 150 valence electrons. The second-order valence-corrected chi connectivity index (χ2v) is 6.97. The zero-order valence-electron chi connectivity index (χ0n) is 15.5. The molecule has 2 saturated heterocycles. The molecule has 2 fully saturated rings. The monoisotopic (exact) mass is 408 g/mol. The fourth-order valence-electron chi connectivity index (χ4n) is 3.76. The third-order valence-corrected chi connectivity index (χ3v) is 5.15. The average molecular weight is 409 g/mol. The number of rotatable bonds is 5. The van der Waals surface area contributed by atoms with E-state index in [-0.39, 0.29) is 36.1 Å². The topological polar surface area (TPSA) is 70.8 Å². The Labute approximate surface area is 167 Å². The van der Waals surface area contributed by atoms with Crippen molar-refractivity contribution in [1.82, 2.24) is 20.3 Å². The first-order valence-electron chi connectivity index (χ1n) is 8.76. The van der Waals surface area contributed by atoms with E-state index in [1.165, 1.54) is 0 Å². The number of aryl methyl sites for hydroxylation is 1. The van der Waals surface area contributed by atoms with E-state index in [0.717, 1.165) is 70.1 Å². The summed E-state index contributed by atoms with van der Waals surface area (Å²) in [4.78, 5) is 17.4. The number of halogens is 2. The van der Waals surface area contributed by atoms with Crippen molar-refractivity contribution in [2.45, 2.75) is 26.3 Å². The van der Waals surface area contributed by atoms with E-state index in [0.29, 0.717) is 6.61 Å². The number of hydrogen-bond acceptors (Lipinski definition) is 6. The van der Waals surface area contributed by atoms with Crippen molar-refractivity contribution in [3.63, 3.8) is 0 Å². The summed E-state index contributed by atoms with van der Waals surface area (Å²) < 4.78 is 10.7. The van der Waals surface area contributed by atoms with Crippen molar-refractivity contribution in [2.24, 2.45) is 5.41 Å². The van der Waals surface area contributed by atoms with E-state index in [1.54, 1.807) is 7.11 Å². The Morgan fingerprint density at radius 1 is 1.27 bits per heavy atom. The van der Waals surface area contributed by atoms with Crippen LogP contribution in [-0.4, -0.2) is 73.8 Å². The Kier molecular flexibility index (Phi) is 9.33. The van der Waals surface area contributed by atoms with Gasteiger partial charge in [-0.15, -0.1) is 24.8 Å². The Bertz CT molecular complexity index is 550. The highest BCUT2D eigenvalue weighted by atomic mass is 35.5. The van der Waals surface area contributed by atoms with Crippen molar-refractivity contribution in [1.29, 1.82) is 0 Å². The van der Waals surface area contributed by atoms with Gasteiger partial charge in [0.05, 0.1) is 24.3 Å². The largest absolute Gasteiger partial charge is 0.384 e. The van der Waals surface area contributed by atoms with Gasteiger partial charge in [0.1, 0.15) is 0 Å². The molecule has 3 rings (SSSR count). The lowest BCUT2D eigenvalue weighted by Gasteiger charge is -2.42. The lowest BCUT2D eigenvalue weighted by Crippen LogP contribution is -2.56. The Balaban J connectivity index is 0.00000169. The molecule has 0 spiro atoms. The fourth-order valence-corrected chi connectivity index (χ4v) is 3.76. The molecule has 1 N–H and O–H groups in total. The van der Waals surface area contributed by atoms with Crippen LogP contribution in [0.1, 0.15) is 24.3 Å². The highest BCUT2D eigenvalue weighted by Crippen LogP contribution is 2.32. The number of carbonyl (C=O) groups excluding carboxylic acids is 1. The Morgan fingerprint density at radius 2 is 1.92 bits per heavy atom. The zero-order chi connectivity index (χ0) is 17.0. The van der Waals surface area contributed by atoms with Gasteiger partial charge in [-0.2, -0.15) is 0 Å². The number of ether oxygens (including phenoxy) is 1. The molecule has 0 unspecified atom stereocenters. The van der Waals surface area contributed by atoms with Crippen molar-refractivity contribution >= 4 is 30.7 Å². The summed E-state index contributed by atoms with van der Waals surface area (Å²) in [5.41, 5.74) is 0.566. The molecule has 0 aromatic carbocycles. The van der Waals surface area contributed by atoms with Crippen LogP contribution >= 0.6 is 24.8 Å². The number of nitrogens with zero attached hydrogens (tertiary/aromatic N) is 3. The van der Waals surface area contributed by atoms with Crippen molar-refractivity contribution in [3.8, 4) is 0 Å². The van der Waals surface area contributed by atoms with E-state index < -0.39 is 0 Å². The number of hydrogen-bond donors (Lipinski definition) is 1. The quantitative estimate of drug-likeness (QED) is 0.795. The molecule has 0 bridgehead atoms. The molecule has 1 aromatic heterocycles. The molecule has 0 radical (unpaired) electrons. The molecule has 0 aliphatic carbocycles. The number of nitrogens with one attached hydrogen (secondary N) is 1. The Morgan fingerprint density at radius 3 is 2.46 bits per heavy atom. The number of methoxy groups -OCH3 is 1. The van der Waals surface area contributed by atoms with Crippen LogP contribution in [0.2, 0.25) is 0 Å². The lowest BCUT2D eigenvalue weighted by atomic mass is 9.78. The van der Waals surface area contributed by atoms with Crippen LogP contribution in [0.25, 0.3) is 0 Å². The predicted molar refractivity (Wildman–Crippen MR) is 104 cm³/mol. The van der Waals surface area contributed by atoms with Gasteiger partial charge in [0.2, 0.25) is 5.91 Å². The molecular formula is C17H30Cl2N4O3. The smallest absolute Gasteiger partial charge is 0.231 e. The minimum atomic E-state index is -0.343. The SMILES string of the molecule is COCC1(C(=O)N2CCN(Cc3cc(C)no3)CC2)CCNCC1.Cl.Cl. The molecule has 7 nitrogen and oxygen atoms in total. The minimum Gasteiger partial charge on any atom is -0.384 e. The summed E-state index contributed by atoms with van der Waals surface area (Å²) in [6.07, 6.45) is 1.72. The van der Waals surface area contributed by atoms with Crippen LogP contribution in [0.3, 0.4) is 0 Å². The molecule has 0 atom stereocenters. The zero-order valence-corrected chi connectivity index (χ0v) is 17.2. The molecular weight excluding hydrogens is 379 g/mol. The van der Waals surface area contributed by atoms with Crippen LogP contribution in [-0.2, 0) is 16.1 Å². The number of amides is 1. The number of piperazine rings is 1. The summed E-state index contributed by atoms with van der Waals surface area (Å²) in [6, 6.07) is 1.97. The van der Waals surface area contributed by atoms with Gasteiger partial charge in [0, 0.05) is 39.4 Å². The van der Waals surface area contributed by atoms with Gasteiger partial charge in [-0.1, -0.05) is 5.16 Å². The summed E-state index contributed by atoms with van der Waals surface area (Å²) in [6.45, 7) is 8.26. The predicted octanol–water partition coefficient (Wildman–Crippen LogP) is 1.49. The second-order valence-electron chi connectivity index (χ2n) is 6.97. The first-order valence-corrected chi connectivity index (χ1v) is 8.76. The van der Waals surface area contributed by atoms with E-state index >= 15 is 0 Å². The lowest BCUT2D eigenvalue weighted by molar-refractivity contribution is -0.149. The van der Waals surface area contributed by atoms with Gasteiger partial charge < -0.3 is 19.5 Å². The molecule has 9 heteroatoms. The van der Waals surface area contributed by atoms with Crippen LogP contribution in [0.5, 0.6) is 0 Å². The number of piperidine rings is 1. The van der Waals surface area contributed by atoms with Gasteiger partial charge >= 0.3 is 0 Å². The van der Waals surface area contributed by atoms with Crippen molar-refractivity contribution < 1.29 is 14.1 Å². The van der Waals surface area contributed by atoms with Gasteiger partial charge in [-0.05, 0) is 32.9 Å². The fraction of sp³-hybridized carbons (Fsp3) is 0.765. The van der Waals surface area contributed by atoms with Crippen LogP contribution in [0, 0.1) is 12.3 Å². The maximum atomic E-state index is 13.1. The van der Waals surface area contributed by atoms with Gasteiger partial charge in [-0.25, -0.2) is 0 Å². The van der Waals surface area contributed by atoms with Gasteiger partial charge in [0.15, 0.2) is 5.76 Å². The highest BCUT2D eigenvalue weighted by molar-refractivity contribution is 5.85. The molecule has 1 aromatic rings. The van der Waals surface area contributed by atoms with E-state index in [9.17, 15) is 4.79 Å². The number of aromatic nitrogens is 1. The summed E-state index contributed by atoms with van der Waals surface area (Å²) in [7, 11) is 1.69.